The first-order chi connectivity index (χ1) is 16.0. The van der Waals surface area contributed by atoms with Crippen LogP contribution >= 0.6 is 0 Å². The lowest BCUT2D eigenvalue weighted by Crippen LogP contribution is -2.31. The first kappa shape index (κ1) is 22.8. The molecule has 0 spiro atoms. The van der Waals surface area contributed by atoms with Crippen LogP contribution in [-0.4, -0.2) is 0 Å². The van der Waals surface area contributed by atoms with Gasteiger partial charge in [-0.15, -0.1) is 0 Å². The molecule has 0 atom stereocenters. The summed E-state index contributed by atoms with van der Waals surface area (Å²) in [5.74, 6) is 0.907. The minimum absolute atomic E-state index is 0.420. The smallest absolute Gasteiger partial charge is 0.0701 e. The summed E-state index contributed by atoms with van der Waals surface area (Å²) in [5.41, 5.74) is 8.62. The summed E-state index contributed by atoms with van der Waals surface area (Å²) in [6, 6.07) is 38.0. The summed E-state index contributed by atoms with van der Waals surface area (Å²) >= 11 is 0. The zero-order valence-corrected chi connectivity index (χ0v) is 20.3. The van der Waals surface area contributed by atoms with Crippen LogP contribution in [0.5, 0.6) is 0 Å². The molecule has 0 unspecified atom stereocenters. The van der Waals surface area contributed by atoms with E-state index in [0.717, 1.165) is 5.56 Å². The summed E-state index contributed by atoms with van der Waals surface area (Å²) in [6.07, 6.45) is 1.91. The summed E-state index contributed by atoms with van der Waals surface area (Å²) < 4.78 is 0. The molecule has 0 bridgehead atoms. The van der Waals surface area contributed by atoms with Crippen LogP contribution in [0.2, 0.25) is 0 Å². The van der Waals surface area contributed by atoms with Crippen LogP contribution < -0.4 is 0 Å². The Labute approximate surface area is 199 Å². The largest absolute Gasteiger partial charge is 0.0985 e. The lowest BCUT2D eigenvalue weighted by Gasteiger charge is -2.38. The molecule has 0 heteroatoms. The van der Waals surface area contributed by atoms with Crippen molar-refractivity contribution in [3.63, 3.8) is 0 Å². The fourth-order valence-electron chi connectivity index (χ4n) is 4.81. The third-order valence-corrected chi connectivity index (χ3v) is 6.74. The Morgan fingerprint density at radius 3 is 1.36 bits per heavy atom. The fourth-order valence-corrected chi connectivity index (χ4v) is 4.81. The lowest BCUT2D eigenvalue weighted by molar-refractivity contribution is 0.731. The van der Waals surface area contributed by atoms with Gasteiger partial charge in [0.2, 0.25) is 0 Å². The van der Waals surface area contributed by atoms with Crippen LogP contribution in [0.25, 0.3) is 6.08 Å². The quantitative estimate of drug-likeness (QED) is 0.257. The topological polar surface area (TPSA) is 0 Å². The van der Waals surface area contributed by atoms with E-state index >= 15 is 0 Å². The highest BCUT2D eigenvalue weighted by Gasteiger charge is 2.38. The zero-order chi connectivity index (χ0) is 23.4. The molecule has 0 radical (unpaired) electrons. The van der Waals surface area contributed by atoms with Crippen LogP contribution in [0.15, 0.2) is 110 Å². The SMILES string of the molecule is C=Cc1ccc(C(c2ccccc2)(c2ccccc2)c2cc(C(C)C)cc(C(C)C)c2)cc1. The summed E-state index contributed by atoms with van der Waals surface area (Å²) in [6.45, 7) is 13.1. The number of benzene rings is 4. The van der Waals surface area contributed by atoms with Crippen molar-refractivity contribution in [1.29, 1.82) is 0 Å². The number of hydrogen-bond donors (Lipinski definition) is 0. The van der Waals surface area contributed by atoms with Gasteiger partial charge in [0, 0.05) is 0 Å². The van der Waals surface area contributed by atoms with Crippen LogP contribution in [0, 0.1) is 0 Å². The Bertz CT molecular complexity index is 1130. The third-order valence-electron chi connectivity index (χ3n) is 6.74. The van der Waals surface area contributed by atoms with E-state index in [2.05, 4.69) is 137 Å². The predicted molar refractivity (Wildman–Crippen MR) is 143 cm³/mol. The van der Waals surface area contributed by atoms with Crippen molar-refractivity contribution in [2.24, 2.45) is 0 Å². The lowest BCUT2D eigenvalue weighted by atomic mass is 9.64. The second kappa shape index (κ2) is 9.63. The normalized spacial score (nSPS) is 11.7. The van der Waals surface area contributed by atoms with Crippen molar-refractivity contribution in [3.05, 3.63) is 149 Å². The number of rotatable bonds is 7. The molecule has 0 saturated carbocycles. The molecule has 0 heterocycles. The average Bonchev–Trinajstić information content (AvgIpc) is 2.86. The number of hydrogen-bond acceptors (Lipinski definition) is 0. The Morgan fingerprint density at radius 2 is 0.970 bits per heavy atom. The van der Waals surface area contributed by atoms with Gasteiger partial charge < -0.3 is 0 Å². The van der Waals surface area contributed by atoms with Crippen LogP contribution in [-0.2, 0) is 5.41 Å². The molecule has 0 nitrogen and oxygen atoms in total. The Balaban J connectivity index is 2.16. The highest BCUT2D eigenvalue weighted by Crippen LogP contribution is 2.46. The molecule has 0 amide bonds. The second-order valence-corrected chi connectivity index (χ2v) is 9.51. The first-order valence-electron chi connectivity index (χ1n) is 12.0. The molecule has 4 aromatic rings. The van der Waals surface area contributed by atoms with E-state index in [1.54, 1.807) is 0 Å². The van der Waals surface area contributed by atoms with Gasteiger partial charge in [-0.05, 0) is 50.8 Å². The van der Waals surface area contributed by atoms with Crippen molar-refractivity contribution < 1.29 is 0 Å². The van der Waals surface area contributed by atoms with Crippen molar-refractivity contribution in [2.75, 3.05) is 0 Å². The minimum Gasteiger partial charge on any atom is -0.0985 e. The van der Waals surface area contributed by atoms with Gasteiger partial charge >= 0.3 is 0 Å². The van der Waals surface area contributed by atoms with Gasteiger partial charge in [-0.1, -0.05) is 143 Å². The van der Waals surface area contributed by atoms with E-state index in [-0.39, 0.29) is 0 Å². The second-order valence-electron chi connectivity index (χ2n) is 9.51. The van der Waals surface area contributed by atoms with E-state index in [9.17, 15) is 0 Å². The van der Waals surface area contributed by atoms with Crippen LogP contribution in [0.1, 0.15) is 78.5 Å². The van der Waals surface area contributed by atoms with E-state index in [4.69, 9.17) is 0 Å². The molecule has 33 heavy (non-hydrogen) atoms. The molecule has 0 aliphatic carbocycles. The molecule has 0 aromatic heterocycles. The van der Waals surface area contributed by atoms with Crippen LogP contribution in [0.4, 0.5) is 0 Å². The van der Waals surface area contributed by atoms with Gasteiger partial charge in [-0.2, -0.15) is 0 Å². The molecule has 0 N–H and O–H groups in total. The fraction of sp³-hybridized carbons (Fsp3) is 0.212. The third kappa shape index (κ3) is 4.31. The van der Waals surface area contributed by atoms with Gasteiger partial charge in [-0.3, -0.25) is 0 Å². The van der Waals surface area contributed by atoms with Crippen molar-refractivity contribution in [2.45, 2.75) is 44.9 Å². The molecule has 0 aliphatic heterocycles. The first-order valence-corrected chi connectivity index (χ1v) is 12.0. The van der Waals surface area contributed by atoms with Gasteiger partial charge in [0.1, 0.15) is 0 Å². The average molecular weight is 431 g/mol. The Morgan fingerprint density at radius 1 is 0.545 bits per heavy atom. The molecule has 0 saturated heterocycles. The van der Waals surface area contributed by atoms with Crippen molar-refractivity contribution in [1.82, 2.24) is 0 Å². The molecule has 4 rings (SSSR count). The molecule has 0 fully saturated rings. The van der Waals surface area contributed by atoms with E-state index < -0.39 is 5.41 Å². The summed E-state index contributed by atoms with van der Waals surface area (Å²) in [4.78, 5) is 0. The van der Waals surface area contributed by atoms with Gasteiger partial charge in [0.25, 0.3) is 0 Å². The Hall–Kier alpha value is -3.38. The predicted octanol–water partition coefficient (Wildman–Crippen LogP) is 8.96. The highest BCUT2D eigenvalue weighted by molar-refractivity contribution is 5.62. The zero-order valence-electron chi connectivity index (χ0n) is 20.3. The van der Waals surface area contributed by atoms with Crippen molar-refractivity contribution >= 4 is 6.08 Å². The molecular weight excluding hydrogens is 396 g/mol. The maximum atomic E-state index is 3.96. The maximum absolute atomic E-state index is 3.96. The van der Waals surface area contributed by atoms with Crippen molar-refractivity contribution in [3.8, 4) is 0 Å². The molecule has 4 aromatic carbocycles. The van der Waals surface area contributed by atoms with Crippen LogP contribution in [0.3, 0.4) is 0 Å². The van der Waals surface area contributed by atoms with Gasteiger partial charge in [-0.25, -0.2) is 0 Å². The van der Waals surface area contributed by atoms with E-state index in [0.29, 0.717) is 11.8 Å². The molecule has 166 valence electrons. The summed E-state index contributed by atoms with van der Waals surface area (Å²) in [5, 5.41) is 0. The monoisotopic (exact) mass is 430 g/mol. The Kier molecular flexibility index (Phi) is 6.65. The van der Waals surface area contributed by atoms with Gasteiger partial charge in [0.15, 0.2) is 0 Å². The maximum Gasteiger partial charge on any atom is 0.0701 e. The standard InChI is InChI=1S/C33H34/c1-6-26-17-19-31(20-18-26)33(29-13-9-7-10-14-29,30-15-11-8-12-16-30)32-22-27(24(2)3)21-28(23-32)25(4)5/h6-25H,1H2,2-5H3. The molecule has 0 aliphatic rings. The van der Waals surface area contributed by atoms with Gasteiger partial charge in [0.05, 0.1) is 5.41 Å². The summed E-state index contributed by atoms with van der Waals surface area (Å²) in [7, 11) is 0. The molecular formula is C33H34. The van der Waals surface area contributed by atoms with E-state index in [1.807, 2.05) is 6.08 Å². The van der Waals surface area contributed by atoms with E-state index in [1.165, 1.54) is 33.4 Å². The minimum atomic E-state index is -0.420. The highest BCUT2D eigenvalue weighted by atomic mass is 14.4.